The number of nitrogens with zero attached hydrogens (tertiary/aromatic N) is 1. The third-order valence-corrected chi connectivity index (χ3v) is 2.63. The van der Waals surface area contributed by atoms with Crippen molar-refractivity contribution in [1.82, 2.24) is 5.32 Å². The Morgan fingerprint density at radius 2 is 1.95 bits per heavy atom. The van der Waals surface area contributed by atoms with Crippen LogP contribution in [-0.2, 0) is 4.79 Å². The summed E-state index contributed by atoms with van der Waals surface area (Å²) in [5, 5.41) is 4.96. The van der Waals surface area contributed by atoms with Gasteiger partial charge in [-0.25, -0.2) is 18.2 Å². The van der Waals surface area contributed by atoms with Gasteiger partial charge >= 0.3 is 0 Å². The quantitative estimate of drug-likeness (QED) is 0.304. The zero-order chi connectivity index (χ0) is 14.7. The van der Waals surface area contributed by atoms with Gasteiger partial charge in [-0.3, -0.25) is 4.79 Å². The van der Waals surface area contributed by atoms with Crippen molar-refractivity contribution in [3.8, 4) is 0 Å². The van der Waals surface area contributed by atoms with Crippen molar-refractivity contribution in [2.45, 2.75) is 18.9 Å². The molecule has 0 bridgehead atoms. The highest BCUT2D eigenvalue weighted by molar-refractivity contribution is 14.0. The van der Waals surface area contributed by atoms with Crippen LogP contribution in [0.4, 0.5) is 18.9 Å². The summed E-state index contributed by atoms with van der Waals surface area (Å²) < 4.78 is 39.0. The molecule has 116 valence electrons. The molecule has 4 N–H and O–H groups in total. The predicted octanol–water partition coefficient (Wildman–Crippen LogP) is 1.73. The Morgan fingerprint density at radius 3 is 2.57 bits per heavy atom. The van der Waals surface area contributed by atoms with E-state index in [1.165, 1.54) is 0 Å². The molecule has 2 rings (SSSR count). The largest absolute Gasteiger partial charge is 0.370 e. The number of rotatable bonds is 4. The number of nitrogens with two attached hydrogens (primary N) is 1. The average molecular weight is 414 g/mol. The standard InChI is InChI=1S/C12H13F3N4O.HI/c13-7-3-4-8(11(15)10(7)14)19-9(20)5-17-12(16)18-6-1-2-6;/h3-4,6H,1-2,5H2,(H,19,20)(H3,16,17,18);1H. The molecule has 1 amide bonds. The predicted molar refractivity (Wildman–Crippen MR) is 83.0 cm³/mol. The number of halogens is 4. The zero-order valence-electron chi connectivity index (χ0n) is 10.8. The van der Waals surface area contributed by atoms with Gasteiger partial charge in [0.2, 0.25) is 5.91 Å². The van der Waals surface area contributed by atoms with Gasteiger partial charge in [-0.2, -0.15) is 0 Å². The van der Waals surface area contributed by atoms with Crippen molar-refractivity contribution in [3.63, 3.8) is 0 Å². The molecule has 0 atom stereocenters. The third-order valence-electron chi connectivity index (χ3n) is 2.63. The van der Waals surface area contributed by atoms with Crippen molar-refractivity contribution in [1.29, 1.82) is 0 Å². The van der Waals surface area contributed by atoms with Gasteiger partial charge in [-0.05, 0) is 25.0 Å². The maximum Gasteiger partial charge on any atom is 0.246 e. The van der Waals surface area contributed by atoms with Crippen LogP contribution in [0.25, 0.3) is 0 Å². The van der Waals surface area contributed by atoms with Gasteiger partial charge in [0.25, 0.3) is 0 Å². The molecule has 0 saturated heterocycles. The first-order valence-corrected chi connectivity index (χ1v) is 5.97. The van der Waals surface area contributed by atoms with Crippen LogP contribution in [-0.4, -0.2) is 24.5 Å². The van der Waals surface area contributed by atoms with Crippen LogP contribution in [0, 0.1) is 17.5 Å². The van der Waals surface area contributed by atoms with Crippen molar-refractivity contribution in [2.24, 2.45) is 10.7 Å². The molecule has 1 saturated carbocycles. The van der Waals surface area contributed by atoms with Crippen LogP contribution < -0.4 is 16.4 Å². The van der Waals surface area contributed by atoms with E-state index in [0.29, 0.717) is 6.04 Å². The molecule has 21 heavy (non-hydrogen) atoms. The Kier molecular flexibility index (Phi) is 6.24. The first-order chi connectivity index (χ1) is 9.47. The van der Waals surface area contributed by atoms with Crippen molar-refractivity contribution in [3.05, 3.63) is 29.6 Å². The Labute approximate surface area is 136 Å². The van der Waals surface area contributed by atoms with Gasteiger partial charge in [-0.1, -0.05) is 0 Å². The summed E-state index contributed by atoms with van der Waals surface area (Å²) in [6, 6.07) is 1.95. The molecular formula is C12H14F3IN4O. The minimum absolute atomic E-state index is 0. The minimum Gasteiger partial charge on any atom is -0.370 e. The van der Waals surface area contributed by atoms with Gasteiger partial charge in [-0.15, -0.1) is 24.0 Å². The molecule has 5 nitrogen and oxygen atoms in total. The summed E-state index contributed by atoms with van der Waals surface area (Å²) in [4.78, 5) is 15.2. The number of benzene rings is 1. The second-order valence-electron chi connectivity index (χ2n) is 4.39. The highest BCUT2D eigenvalue weighted by atomic mass is 127. The summed E-state index contributed by atoms with van der Waals surface area (Å²) in [5.41, 5.74) is 5.06. The molecular weight excluding hydrogens is 400 g/mol. The van der Waals surface area contributed by atoms with Crippen molar-refractivity contribution >= 4 is 41.5 Å². The first-order valence-electron chi connectivity index (χ1n) is 5.97. The molecule has 1 aromatic carbocycles. The molecule has 0 spiro atoms. The number of hydrogen-bond acceptors (Lipinski definition) is 2. The van der Waals surface area contributed by atoms with E-state index >= 15 is 0 Å². The molecule has 1 aromatic rings. The number of amides is 1. The SMILES string of the molecule is I.NC(=NCC(=O)Nc1ccc(F)c(F)c1F)NC1CC1. The number of hydrogen-bond donors (Lipinski definition) is 3. The molecule has 0 unspecified atom stereocenters. The Bertz CT molecular complexity index is 564. The van der Waals surface area contributed by atoms with E-state index in [1.807, 2.05) is 0 Å². The fourth-order valence-corrected chi connectivity index (χ4v) is 1.45. The second-order valence-corrected chi connectivity index (χ2v) is 4.39. The van der Waals surface area contributed by atoms with Crippen LogP contribution in [0.5, 0.6) is 0 Å². The van der Waals surface area contributed by atoms with Crippen LogP contribution >= 0.6 is 24.0 Å². The lowest BCUT2D eigenvalue weighted by Crippen LogP contribution is -2.34. The zero-order valence-corrected chi connectivity index (χ0v) is 13.2. The highest BCUT2D eigenvalue weighted by Gasteiger charge is 2.21. The maximum atomic E-state index is 13.3. The van der Waals surface area contributed by atoms with E-state index in [-0.39, 0.29) is 36.5 Å². The second kappa shape index (κ2) is 7.48. The number of guanidine groups is 1. The smallest absolute Gasteiger partial charge is 0.246 e. The summed E-state index contributed by atoms with van der Waals surface area (Å²) in [6.45, 7) is -0.343. The monoisotopic (exact) mass is 414 g/mol. The van der Waals surface area contributed by atoms with E-state index in [0.717, 1.165) is 25.0 Å². The number of carbonyl (C=O) groups excluding carboxylic acids is 1. The first kappa shape index (κ1) is 17.5. The van der Waals surface area contributed by atoms with Gasteiger partial charge in [0, 0.05) is 6.04 Å². The fraction of sp³-hybridized carbons (Fsp3) is 0.333. The number of aliphatic imine (C=N–C) groups is 1. The summed E-state index contributed by atoms with van der Waals surface area (Å²) in [5.74, 6) is -4.98. The Balaban J connectivity index is 0.00000220. The maximum absolute atomic E-state index is 13.3. The van der Waals surface area contributed by atoms with E-state index in [4.69, 9.17) is 5.73 Å². The van der Waals surface area contributed by atoms with Gasteiger partial charge in [0.15, 0.2) is 23.4 Å². The Morgan fingerprint density at radius 1 is 1.29 bits per heavy atom. The lowest BCUT2D eigenvalue weighted by molar-refractivity contribution is -0.114. The topological polar surface area (TPSA) is 79.5 Å². The van der Waals surface area contributed by atoms with E-state index < -0.39 is 29.0 Å². The normalized spacial score (nSPS) is 14.3. The molecule has 1 fully saturated rings. The van der Waals surface area contributed by atoms with E-state index in [9.17, 15) is 18.0 Å². The fourth-order valence-electron chi connectivity index (χ4n) is 1.45. The molecule has 1 aliphatic rings. The molecule has 0 heterocycles. The molecule has 0 aromatic heterocycles. The molecule has 9 heteroatoms. The van der Waals surface area contributed by atoms with Crippen LogP contribution in [0.15, 0.2) is 17.1 Å². The Hall–Kier alpha value is -1.52. The molecule has 0 radical (unpaired) electrons. The van der Waals surface area contributed by atoms with Crippen LogP contribution in [0.3, 0.4) is 0 Å². The lowest BCUT2D eigenvalue weighted by Gasteiger charge is -2.06. The van der Waals surface area contributed by atoms with E-state index in [1.54, 1.807) is 0 Å². The number of carbonyl (C=O) groups is 1. The average Bonchev–Trinajstić information content (AvgIpc) is 3.21. The van der Waals surface area contributed by atoms with Gasteiger partial charge in [0.05, 0.1) is 5.69 Å². The van der Waals surface area contributed by atoms with E-state index in [2.05, 4.69) is 15.6 Å². The number of nitrogens with one attached hydrogen (secondary N) is 2. The lowest BCUT2D eigenvalue weighted by atomic mass is 10.3. The van der Waals surface area contributed by atoms with Crippen LogP contribution in [0.2, 0.25) is 0 Å². The number of anilines is 1. The highest BCUT2D eigenvalue weighted by Crippen LogP contribution is 2.19. The summed E-state index contributed by atoms with van der Waals surface area (Å²) in [6.07, 6.45) is 2.00. The molecule has 0 aliphatic heterocycles. The third kappa shape index (κ3) is 5.06. The summed E-state index contributed by atoms with van der Waals surface area (Å²) in [7, 11) is 0. The van der Waals surface area contributed by atoms with Gasteiger partial charge in [0.1, 0.15) is 6.54 Å². The van der Waals surface area contributed by atoms with Crippen molar-refractivity contribution < 1.29 is 18.0 Å². The van der Waals surface area contributed by atoms with Crippen molar-refractivity contribution in [2.75, 3.05) is 11.9 Å². The minimum atomic E-state index is -1.64. The van der Waals surface area contributed by atoms with Crippen LogP contribution in [0.1, 0.15) is 12.8 Å². The summed E-state index contributed by atoms with van der Waals surface area (Å²) >= 11 is 0. The molecule has 1 aliphatic carbocycles. The van der Waals surface area contributed by atoms with Gasteiger partial charge < -0.3 is 16.4 Å².